The first-order chi connectivity index (χ1) is 13.8. The largest absolute Gasteiger partial charge is 0.497 e. The third-order valence-corrected chi connectivity index (χ3v) is 6.69. The SMILES string of the molecule is COc1ccc2c(c1)CCC(C)(CN1CCC(O)(c3ccc(F)cc3)CC1)C2=O. The Morgan fingerprint density at radius 1 is 1.10 bits per heavy atom. The van der Waals surface area contributed by atoms with E-state index in [1.165, 1.54) is 12.1 Å². The Morgan fingerprint density at radius 2 is 1.79 bits per heavy atom. The minimum atomic E-state index is -0.926. The van der Waals surface area contributed by atoms with Gasteiger partial charge >= 0.3 is 0 Å². The van der Waals surface area contributed by atoms with Crippen LogP contribution in [0.2, 0.25) is 0 Å². The quantitative estimate of drug-likeness (QED) is 0.849. The van der Waals surface area contributed by atoms with Crippen LogP contribution in [0.25, 0.3) is 0 Å². The van der Waals surface area contributed by atoms with E-state index in [2.05, 4.69) is 11.8 Å². The first-order valence-electron chi connectivity index (χ1n) is 10.3. The normalized spacial score (nSPS) is 24.2. The number of carbonyl (C=O) groups excluding carboxylic acids is 1. The summed E-state index contributed by atoms with van der Waals surface area (Å²) in [6.45, 7) is 4.18. The van der Waals surface area contributed by atoms with Crippen molar-refractivity contribution in [3.8, 4) is 5.75 Å². The summed E-state index contributed by atoms with van der Waals surface area (Å²) >= 11 is 0. The van der Waals surface area contributed by atoms with Gasteiger partial charge in [-0.05, 0) is 67.1 Å². The Bertz CT molecular complexity index is 903. The van der Waals surface area contributed by atoms with Crippen LogP contribution in [-0.2, 0) is 12.0 Å². The number of carbonyl (C=O) groups is 1. The average Bonchev–Trinajstić information content (AvgIpc) is 2.73. The van der Waals surface area contributed by atoms with Crippen LogP contribution in [0.3, 0.4) is 0 Å². The van der Waals surface area contributed by atoms with Crippen LogP contribution in [0.5, 0.6) is 5.75 Å². The van der Waals surface area contributed by atoms with Crippen LogP contribution in [0, 0.1) is 11.2 Å². The van der Waals surface area contributed by atoms with E-state index in [4.69, 9.17) is 4.74 Å². The molecule has 4 rings (SSSR count). The summed E-state index contributed by atoms with van der Waals surface area (Å²) in [5.41, 5.74) is 1.29. The van der Waals surface area contributed by atoms with Crippen molar-refractivity contribution in [3.05, 3.63) is 65.0 Å². The summed E-state index contributed by atoms with van der Waals surface area (Å²) in [7, 11) is 1.64. The number of benzene rings is 2. The minimum Gasteiger partial charge on any atom is -0.497 e. The van der Waals surface area contributed by atoms with E-state index in [1.807, 2.05) is 18.2 Å². The Balaban J connectivity index is 1.43. The second kappa shape index (κ2) is 7.54. The minimum absolute atomic E-state index is 0.195. The number of ketones is 1. The van der Waals surface area contributed by atoms with Crippen molar-refractivity contribution in [1.29, 1.82) is 0 Å². The van der Waals surface area contributed by atoms with Gasteiger partial charge in [-0.25, -0.2) is 4.39 Å². The number of nitrogens with zero attached hydrogens (tertiary/aromatic N) is 1. The zero-order valence-corrected chi connectivity index (χ0v) is 17.1. The Morgan fingerprint density at radius 3 is 2.45 bits per heavy atom. The highest BCUT2D eigenvalue weighted by Gasteiger charge is 2.42. The Kier molecular flexibility index (Phi) is 5.21. The standard InChI is InChI=1S/C24H28FNO3/c1-23(10-9-17-15-20(29-2)7-8-21(17)22(23)27)16-26-13-11-24(28,12-14-26)18-3-5-19(25)6-4-18/h3-8,15,28H,9-14,16H2,1-2H3. The fourth-order valence-electron chi connectivity index (χ4n) is 4.75. The molecule has 4 nitrogen and oxygen atoms in total. The van der Waals surface area contributed by atoms with Crippen LogP contribution < -0.4 is 4.74 Å². The highest BCUT2D eigenvalue weighted by atomic mass is 19.1. The molecule has 0 radical (unpaired) electrons. The second-order valence-corrected chi connectivity index (χ2v) is 8.73. The second-order valence-electron chi connectivity index (χ2n) is 8.73. The van der Waals surface area contributed by atoms with E-state index in [0.717, 1.165) is 35.3 Å². The lowest BCUT2D eigenvalue weighted by Gasteiger charge is -2.43. The molecule has 5 heteroatoms. The third-order valence-electron chi connectivity index (χ3n) is 6.69. The molecule has 0 spiro atoms. The van der Waals surface area contributed by atoms with E-state index in [-0.39, 0.29) is 11.6 Å². The van der Waals surface area contributed by atoms with Gasteiger partial charge in [0.2, 0.25) is 0 Å². The zero-order valence-electron chi connectivity index (χ0n) is 17.1. The Labute approximate surface area is 171 Å². The number of likely N-dealkylation sites (tertiary alicyclic amines) is 1. The summed E-state index contributed by atoms with van der Waals surface area (Å²) in [5.74, 6) is 0.688. The fraction of sp³-hybridized carbons (Fsp3) is 0.458. The highest BCUT2D eigenvalue weighted by molar-refractivity contribution is 6.02. The molecule has 2 aromatic rings. The van der Waals surface area contributed by atoms with Gasteiger partial charge in [0.1, 0.15) is 11.6 Å². The molecule has 29 heavy (non-hydrogen) atoms. The molecule has 0 amide bonds. The van der Waals surface area contributed by atoms with Gasteiger partial charge in [-0.1, -0.05) is 19.1 Å². The number of halogens is 1. The smallest absolute Gasteiger partial charge is 0.170 e. The number of aliphatic hydroxyl groups is 1. The lowest BCUT2D eigenvalue weighted by atomic mass is 9.71. The molecule has 0 aromatic heterocycles. The Hall–Kier alpha value is -2.24. The van der Waals surface area contributed by atoms with Crippen molar-refractivity contribution in [3.63, 3.8) is 0 Å². The van der Waals surface area contributed by atoms with Crippen molar-refractivity contribution in [2.24, 2.45) is 5.41 Å². The zero-order chi connectivity index (χ0) is 20.6. The molecule has 154 valence electrons. The van der Waals surface area contributed by atoms with Gasteiger partial charge in [0.25, 0.3) is 0 Å². The van der Waals surface area contributed by atoms with Crippen LogP contribution in [-0.4, -0.2) is 42.5 Å². The molecule has 1 saturated heterocycles. The molecule has 1 heterocycles. The molecule has 1 atom stereocenters. The number of rotatable bonds is 4. The summed E-state index contributed by atoms with van der Waals surface area (Å²) in [6, 6.07) is 11.8. The van der Waals surface area contributed by atoms with Crippen LogP contribution in [0.15, 0.2) is 42.5 Å². The summed E-state index contributed by atoms with van der Waals surface area (Å²) in [6.07, 6.45) is 2.83. The van der Waals surface area contributed by atoms with Crippen molar-refractivity contribution < 1.29 is 19.0 Å². The predicted octanol–water partition coefficient (Wildman–Crippen LogP) is 3.95. The molecule has 2 aromatic carbocycles. The van der Waals surface area contributed by atoms with Crippen molar-refractivity contribution in [1.82, 2.24) is 4.90 Å². The molecule has 1 fully saturated rings. The highest BCUT2D eigenvalue weighted by Crippen LogP contribution is 2.39. The van der Waals surface area contributed by atoms with Gasteiger partial charge < -0.3 is 14.7 Å². The number of aryl methyl sites for hydroxylation is 1. The molecule has 2 aliphatic rings. The lowest BCUT2D eigenvalue weighted by molar-refractivity contribution is -0.0326. The maximum Gasteiger partial charge on any atom is 0.170 e. The van der Waals surface area contributed by atoms with Crippen molar-refractivity contribution in [2.75, 3.05) is 26.7 Å². The van der Waals surface area contributed by atoms with Crippen molar-refractivity contribution in [2.45, 2.75) is 38.2 Å². The number of ether oxygens (including phenoxy) is 1. The monoisotopic (exact) mass is 397 g/mol. The number of hydrogen-bond acceptors (Lipinski definition) is 4. The maximum absolute atomic E-state index is 13.2. The van der Waals surface area contributed by atoms with E-state index < -0.39 is 11.0 Å². The summed E-state index contributed by atoms with van der Waals surface area (Å²) in [4.78, 5) is 15.5. The first-order valence-corrected chi connectivity index (χ1v) is 10.3. The van der Waals surface area contributed by atoms with Crippen LogP contribution >= 0.6 is 0 Å². The molecule has 1 N–H and O–H groups in total. The number of piperidine rings is 1. The summed E-state index contributed by atoms with van der Waals surface area (Å²) < 4.78 is 18.5. The third kappa shape index (κ3) is 3.81. The number of hydrogen-bond donors (Lipinski definition) is 1. The van der Waals surface area contributed by atoms with E-state index in [1.54, 1.807) is 19.2 Å². The topological polar surface area (TPSA) is 49.8 Å². The fourth-order valence-corrected chi connectivity index (χ4v) is 4.75. The van der Waals surface area contributed by atoms with E-state index in [9.17, 15) is 14.3 Å². The van der Waals surface area contributed by atoms with Gasteiger partial charge in [-0.15, -0.1) is 0 Å². The number of Topliss-reactive ketones (excluding diaryl/α,β-unsaturated/α-hetero) is 1. The molecule has 0 bridgehead atoms. The van der Waals surface area contributed by atoms with Gasteiger partial charge in [-0.3, -0.25) is 4.79 Å². The lowest BCUT2D eigenvalue weighted by Crippen LogP contribution is -2.49. The van der Waals surface area contributed by atoms with Gasteiger partial charge in [0.15, 0.2) is 5.78 Å². The number of methoxy groups -OCH3 is 1. The molecule has 1 aliphatic carbocycles. The predicted molar refractivity (Wildman–Crippen MR) is 110 cm³/mol. The molecule has 1 aliphatic heterocycles. The molecule has 0 saturated carbocycles. The molecule has 1 unspecified atom stereocenters. The van der Waals surface area contributed by atoms with Crippen molar-refractivity contribution >= 4 is 5.78 Å². The molecular weight excluding hydrogens is 369 g/mol. The van der Waals surface area contributed by atoms with Crippen LogP contribution in [0.1, 0.15) is 47.7 Å². The van der Waals surface area contributed by atoms with Gasteiger partial charge in [-0.2, -0.15) is 0 Å². The maximum atomic E-state index is 13.2. The van der Waals surface area contributed by atoms with Gasteiger partial charge in [0, 0.05) is 30.6 Å². The van der Waals surface area contributed by atoms with Gasteiger partial charge in [0.05, 0.1) is 12.7 Å². The first kappa shape index (κ1) is 20.0. The summed E-state index contributed by atoms with van der Waals surface area (Å²) in [5, 5.41) is 11.0. The van der Waals surface area contributed by atoms with E-state index >= 15 is 0 Å². The average molecular weight is 397 g/mol. The van der Waals surface area contributed by atoms with E-state index in [0.29, 0.717) is 32.5 Å². The molecular formula is C24H28FNO3. The number of fused-ring (bicyclic) bond motifs is 1. The van der Waals surface area contributed by atoms with Crippen LogP contribution in [0.4, 0.5) is 4.39 Å².